The van der Waals surface area contributed by atoms with Crippen LogP contribution in [0.3, 0.4) is 0 Å². The molecule has 2 amide bonds. The van der Waals surface area contributed by atoms with E-state index in [9.17, 15) is 4.79 Å². The van der Waals surface area contributed by atoms with Crippen LogP contribution in [0, 0.1) is 11.8 Å². The molecule has 0 saturated carbocycles. The molecule has 25 heavy (non-hydrogen) atoms. The van der Waals surface area contributed by atoms with Gasteiger partial charge in [0.05, 0.1) is 25.4 Å². The lowest BCUT2D eigenvalue weighted by Gasteiger charge is -2.11. The summed E-state index contributed by atoms with van der Waals surface area (Å²) >= 11 is 1.71. The van der Waals surface area contributed by atoms with E-state index in [1.165, 1.54) is 30.9 Å². The van der Waals surface area contributed by atoms with Crippen LogP contribution in [0.2, 0.25) is 0 Å². The van der Waals surface area contributed by atoms with E-state index < -0.39 is 0 Å². The Morgan fingerprint density at radius 3 is 3.00 bits per heavy atom. The van der Waals surface area contributed by atoms with Crippen LogP contribution >= 0.6 is 11.3 Å². The fourth-order valence-electron chi connectivity index (χ4n) is 2.55. The Kier molecular flexibility index (Phi) is 9.34. The van der Waals surface area contributed by atoms with E-state index in [0.717, 1.165) is 25.1 Å². The molecule has 2 rings (SSSR count). The Labute approximate surface area is 154 Å². The van der Waals surface area contributed by atoms with Gasteiger partial charge in [0.1, 0.15) is 5.01 Å². The number of aromatic nitrogens is 1. The molecule has 7 heteroatoms. The van der Waals surface area contributed by atoms with Crippen molar-refractivity contribution in [3.63, 3.8) is 0 Å². The summed E-state index contributed by atoms with van der Waals surface area (Å²) in [6.45, 7) is 7.45. The van der Waals surface area contributed by atoms with Crippen molar-refractivity contribution in [2.24, 2.45) is 0 Å². The molecule has 1 fully saturated rings. The van der Waals surface area contributed by atoms with Crippen molar-refractivity contribution >= 4 is 17.4 Å². The first-order valence-corrected chi connectivity index (χ1v) is 9.86. The SMILES string of the molecule is CCC#CCNC(=O)NCCCOCc1csc(CN2CCCC2)n1. The fourth-order valence-corrected chi connectivity index (χ4v) is 3.37. The summed E-state index contributed by atoms with van der Waals surface area (Å²) < 4.78 is 5.63. The summed E-state index contributed by atoms with van der Waals surface area (Å²) in [7, 11) is 0. The minimum absolute atomic E-state index is 0.184. The van der Waals surface area contributed by atoms with E-state index in [-0.39, 0.29) is 6.03 Å². The van der Waals surface area contributed by atoms with Crippen molar-refractivity contribution in [2.45, 2.75) is 45.8 Å². The maximum absolute atomic E-state index is 11.5. The van der Waals surface area contributed by atoms with E-state index in [1.54, 1.807) is 11.3 Å². The Morgan fingerprint density at radius 2 is 2.20 bits per heavy atom. The number of nitrogens with one attached hydrogen (secondary N) is 2. The Morgan fingerprint density at radius 1 is 1.36 bits per heavy atom. The summed E-state index contributed by atoms with van der Waals surface area (Å²) in [5, 5.41) is 8.72. The Bertz CT molecular complexity index is 573. The zero-order chi connectivity index (χ0) is 17.7. The highest BCUT2D eigenvalue weighted by Gasteiger charge is 2.13. The first-order chi connectivity index (χ1) is 12.3. The largest absolute Gasteiger partial charge is 0.375 e. The Balaban J connectivity index is 1.48. The topological polar surface area (TPSA) is 66.5 Å². The smallest absolute Gasteiger partial charge is 0.315 e. The second-order valence-corrected chi connectivity index (χ2v) is 6.88. The van der Waals surface area contributed by atoms with Crippen molar-refractivity contribution < 1.29 is 9.53 Å². The van der Waals surface area contributed by atoms with Gasteiger partial charge in [-0.25, -0.2) is 9.78 Å². The molecule has 1 aliphatic heterocycles. The van der Waals surface area contributed by atoms with Gasteiger partial charge < -0.3 is 15.4 Å². The number of hydrogen-bond donors (Lipinski definition) is 2. The van der Waals surface area contributed by atoms with Crippen molar-refractivity contribution in [3.05, 3.63) is 16.1 Å². The molecule has 1 saturated heterocycles. The van der Waals surface area contributed by atoms with E-state index in [4.69, 9.17) is 4.74 Å². The second kappa shape index (κ2) is 11.9. The van der Waals surface area contributed by atoms with Gasteiger partial charge in [0.25, 0.3) is 0 Å². The molecule has 0 radical (unpaired) electrons. The summed E-state index contributed by atoms with van der Waals surface area (Å²) in [6, 6.07) is -0.184. The molecule has 2 N–H and O–H groups in total. The monoisotopic (exact) mass is 364 g/mol. The normalized spacial score (nSPS) is 14.1. The molecule has 1 aromatic rings. The molecule has 6 nitrogen and oxygen atoms in total. The molecule has 1 aliphatic rings. The number of carbonyl (C=O) groups excluding carboxylic acids is 1. The van der Waals surface area contributed by atoms with Crippen LogP contribution in [0.15, 0.2) is 5.38 Å². The van der Waals surface area contributed by atoms with Crippen LogP contribution in [0.5, 0.6) is 0 Å². The Hall–Kier alpha value is -1.62. The minimum atomic E-state index is -0.184. The van der Waals surface area contributed by atoms with Crippen molar-refractivity contribution in [1.82, 2.24) is 20.5 Å². The molecule has 138 valence electrons. The molecular weight excluding hydrogens is 336 g/mol. The highest BCUT2D eigenvalue weighted by atomic mass is 32.1. The average molecular weight is 365 g/mol. The predicted molar refractivity (Wildman–Crippen MR) is 100 cm³/mol. The van der Waals surface area contributed by atoms with Crippen LogP contribution in [0.4, 0.5) is 4.79 Å². The molecular formula is C18H28N4O2S. The van der Waals surface area contributed by atoms with Gasteiger partial charge in [0.15, 0.2) is 0 Å². The fraction of sp³-hybridized carbons (Fsp3) is 0.667. The predicted octanol–water partition coefficient (Wildman–Crippen LogP) is 2.36. The molecule has 0 spiro atoms. The number of carbonyl (C=O) groups is 1. The lowest BCUT2D eigenvalue weighted by Crippen LogP contribution is -2.36. The number of amides is 2. The molecule has 0 unspecified atom stereocenters. The van der Waals surface area contributed by atoms with Crippen LogP contribution < -0.4 is 10.6 Å². The standard InChI is InChI=1S/C18H28N4O2S/c1-2-3-4-8-19-18(23)20-9-7-12-24-14-16-15-25-17(21-16)13-22-10-5-6-11-22/h15H,2,5-14H2,1H3,(H2,19,20,23). The third-order valence-corrected chi connectivity index (χ3v) is 4.68. The van der Waals surface area contributed by atoms with E-state index in [2.05, 4.69) is 37.7 Å². The summed E-state index contributed by atoms with van der Waals surface area (Å²) in [4.78, 5) is 18.5. The molecule has 2 heterocycles. The number of rotatable bonds is 9. The third-order valence-electron chi connectivity index (χ3n) is 3.80. The minimum Gasteiger partial charge on any atom is -0.375 e. The molecule has 0 bridgehead atoms. The van der Waals surface area contributed by atoms with Gasteiger partial charge in [-0.3, -0.25) is 4.90 Å². The maximum atomic E-state index is 11.5. The molecule has 0 aromatic carbocycles. The van der Waals surface area contributed by atoms with Gasteiger partial charge in [-0.15, -0.1) is 17.3 Å². The van der Waals surface area contributed by atoms with E-state index in [1.807, 2.05) is 6.92 Å². The van der Waals surface area contributed by atoms with Crippen molar-refractivity contribution in [3.8, 4) is 11.8 Å². The summed E-state index contributed by atoms with van der Waals surface area (Å²) in [5.74, 6) is 5.77. The molecule has 1 aromatic heterocycles. The number of urea groups is 1. The van der Waals surface area contributed by atoms with Gasteiger partial charge in [-0.05, 0) is 32.4 Å². The summed E-state index contributed by atoms with van der Waals surface area (Å²) in [5.41, 5.74) is 0.999. The highest BCUT2D eigenvalue weighted by Crippen LogP contribution is 2.16. The zero-order valence-corrected chi connectivity index (χ0v) is 15.8. The number of hydrogen-bond acceptors (Lipinski definition) is 5. The van der Waals surface area contributed by atoms with Crippen molar-refractivity contribution in [2.75, 3.05) is 32.8 Å². The average Bonchev–Trinajstić information content (AvgIpc) is 3.27. The van der Waals surface area contributed by atoms with E-state index in [0.29, 0.717) is 26.3 Å². The van der Waals surface area contributed by atoms with Crippen molar-refractivity contribution in [1.29, 1.82) is 0 Å². The van der Waals surface area contributed by atoms with Crippen LogP contribution in [0.1, 0.15) is 43.3 Å². The van der Waals surface area contributed by atoms with Gasteiger partial charge >= 0.3 is 6.03 Å². The van der Waals surface area contributed by atoms with Crippen LogP contribution in [-0.4, -0.2) is 48.7 Å². The zero-order valence-electron chi connectivity index (χ0n) is 15.0. The molecule has 0 atom stereocenters. The first kappa shape index (κ1) is 19.7. The van der Waals surface area contributed by atoms with Crippen LogP contribution in [0.25, 0.3) is 0 Å². The number of thiazole rings is 1. The number of ether oxygens (including phenoxy) is 1. The van der Waals surface area contributed by atoms with Gasteiger partial charge in [-0.1, -0.05) is 12.8 Å². The highest BCUT2D eigenvalue weighted by molar-refractivity contribution is 7.09. The summed E-state index contributed by atoms with van der Waals surface area (Å²) in [6.07, 6.45) is 4.19. The van der Waals surface area contributed by atoms with Gasteiger partial charge in [0.2, 0.25) is 0 Å². The quantitative estimate of drug-likeness (QED) is 0.521. The van der Waals surface area contributed by atoms with E-state index >= 15 is 0 Å². The lowest BCUT2D eigenvalue weighted by atomic mass is 10.4. The van der Waals surface area contributed by atoms with Crippen LogP contribution in [-0.2, 0) is 17.9 Å². The van der Waals surface area contributed by atoms with Gasteiger partial charge in [-0.2, -0.15) is 0 Å². The lowest BCUT2D eigenvalue weighted by molar-refractivity contribution is 0.116. The number of nitrogens with zero attached hydrogens (tertiary/aromatic N) is 2. The number of likely N-dealkylation sites (tertiary alicyclic amines) is 1. The van der Waals surface area contributed by atoms with Gasteiger partial charge in [0, 0.05) is 25.0 Å². The third kappa shape index (κ3) is 8.34. The molecule has 0 aliphatic carbocycles. The maximum Gasteiger partial charge on any atom is 0.315 e. The first-order valence-electron chi connectivity index (χ1n) is 8.98. The second-order valence-electron chi connectivity index (χ2n) is 5.94.